The smallest absolute Gasteiger partial charge is 0.181 e. The molecule has 0 fully saturated rings. The van der Waals surface area contributed by atoms with Crippen molar-refractivity contribution in [2.45, 2.75) is 6.92 Å². The number of aryl methyl sites for hydroxylation is 1. The van der Waals surface area contributed by atoms with Crippen LogP contribution in [0.3, 0.4) is 0 Å². The second-order valence-electron chi connectivity index (χ2n) is 8.81. The Hall–Kier alpha value is -4.15. The Balaban J connectivity index is 1.37. The molecule has 180 valence electrons. The van der Waals surface area contributed by atoms with E-state index in [2.05, 4.69) is 54.1 Å². The number of nitrogens with zero attached hydrogens (tertiary/aromatic N) is 6. The van der Waals surface area contributed by atoms with Gasteiger partial charge in [0.1, 0.15) is 18.1 Å². The van der Waals surface area contributed by atoms with Gasteiger partial charge in [0.05, 0.1) is 17.1 Å². The number of ether oxygens (including phenoxy) is 1. The van der Waals surface area contributed by atoms with Gasteiger partial charge in [-0.05, 0) is 51.4 Å². The van der Waals surface area contributed by atoms with Gasteiger partial charge in [-0.25, -0.2) is 15.0 Å². The van der Waals surface area contributed by atoms with Gasteiger partial charge in [-0.15, -0.1) is 11.3 Å². The molecule has 0 saturated heterocycles. The largest absolute Gasteiger partial charge is 0.491 e. The predicted molar refractivity (Wildman–Crippen MR) is 142 cm³/mol. The van der Waals surface area contributed by atoms with Crippen molar-refractivity contribution in [2.75, 3.05) is 27.2 Å². The van der Waals surface area contributed by atoms with Crippen molar-refractivity contribution < 1.29 is 4.74 Å². The first-order valence-electron chi connectivity index (χ1n) is 11.5. The van der Waals surface area contributed by atoms with Crippen molar-refractivity contribution in [1.29, 1.82) is 0 Å². The number of nitrogens with one attached hydrogen (secondary N) is 2. The van der Waals surface area contributed by atoms with Crippen molar-refractivity contribution in [2.24, 2.45) is 0 Å². The maximum Gasteiger partial charge on any atom is 0.181 e. The minimum absolute atomic E-state index is 0.592. The van der Waals surface area contributed by atoms with Crippen LogP contribution in [0.5, 0.6) is 5.75 Å². The molecule has 0 radical (unpaired) electrons. The van der Waals surface area contributed by atoms with Crippen molar-refractivity contribution in [3.05, 3.63) is 60.0 Å². The Morgan fingerprint density at radius 2 is 1.89 bits per heavy atom. The number of fused-ring (bicyclic) bond motifs is 2. The minimum atomic E-state index is 0.592. The third-order valence-electron chi connectivity index (χ3n) is 5.90. The summed E-state index contributed by atoms with van der Waals surface area (Å²) in [6, 6.07) is 10.3. The van der Waals surface area contributed by atoms with Gasteiger partial charge in [0.2, 0.25) is 0 Å². The molecule has 9 nitrogen and oxygen atoms in total. The molecule has 0 unspecified atom stereocenters. The van der Waals surface area contributed by atoms with E-state index in [1.807, 2.05) is 38.5 Å². The second-order valence-corrected chi connectivity index (χ2v) is 10.1. The van der Waals surface area contributed by atoms with Gasteiger partial charge in [0, 0.05) is 51.6 Å². The first-order chi connectivity index (χ1) is 17.5. The topological polar surface area (TPSA) is 108 Å². The van der Waals surface area contributed by atoms with Gasteiger partial charge >= 0.3 is 0 Å². The number of hydrogen-bond donors (Lipinski definition) is 2. The van der Waals surface area contributed by atoms with Gasteiger partial charge in [0.25, 0.3) is 0 Å². The lowest BCUT2D eigenvalue weighted by atomic mass is 10.1. The van der Waals surface area contributed by atoms with Crippen LogP contribution in [0.2, 0.25) is 0 Å². The SMILES string of the molecule is Cc1ccc(-c2ccnc3nc(-c4[nH]nc5ncc(-c6cncc(OCCN(C)C)c6)cc45)[nH]c23)s1. The average Bonchev–Trinajstić information content (AvgIpc) is 3.61. The maximum absolute atomic E-state index is 5.86. The lowest BCUT2D eigenvalue weighted by Gasteiger charge is -2.11. The van der Waals surface area contributed by atoms with Crippen LogP contribution in [0.1, 0.15) is 4.88 Å². The zero-order valence-corrected chi connectivity index (χ0v) is 20.9. The monoisotopic (exact) mass is 496 g/mol. The first kappa shape index (κ1) is 22.3. The lowest BCUT2D eigenvalue weighted by Crippen LogP contribution is -2.19. The highest BCUT2D eigenvalue weighted by molar-refractivity contribution is 7.15. The Bertz CT molecular complexity index is 1680. The van der Waals surface area contributed by atoms with Crippen LogP contribution in [0.15, 0.2) is 55.1 Å². The Morgan fingerprint density at radius 3 is 2.72 bits per heavy atom. The molecule has 0 aliphatic heterocycles. The highest BCUT2D eigenvalue weighted by atomic mass is 32.1. The summed E-state index contributed by atoms with van der Waals surface area (Å²) in [4.78, 5) is 26.2. The Labute approximate surface area is 211 Å². The van der Waals surface area contributed by atoms with Crippen molar-refractivity contribution in [3.63, 3.8) is 0 Å². The van der Waals surface area contributed by atoms with Gasteiger partial charge < -0.3 is 14.6 Å². The summed E-state index contributed by atoms with van der Waals surface area (Å²) in [5, 5.41) is 8.37. The molecule has 6 aromatic heterocycles. The fourth-order valence-electron chi connectivity index (χ4n) is 4.05. The van der Waals surface area contributed by atoms with Gasteiger partial charge in [-0.2, -0.15) is 5.10 Å². The van der Waals surface area contributed by atoms with E-state index < -0.39 is 0 Å². The number of likely N-dealkylation sites (N-methyl/N-ethyl adjacent to an activating group) is 1. The molecule has 2 N–H and O–H groups in total. The Kier molecular flexibility index (Phi) is 5.67. The number of pyridine rings is 3. The molecular weight excluding hydrogens is 472 g/mol. The molecule has 0 bridgehead atoms. The van der Waals surface area contributed by atoms with Gasteiger partial charge in [-0.3, -0.25) is 10.1 Å². The number of rotatable bonds is 7. The number of H-pyrrole nitrogens is 2. The molecule has 0 aromatic carbocycles. The zero-order chi connectivity index (χ0) is 24.6. The van der Waals surface area contributed by atoms with Crippen LogP contribution >= 0.6 is 11.3 Å². The van der Waals surface area contributed by atoms with Crippen LogP contribution < -0.4 is 4.74 Å². The summed E-state index contributed by atoms with van der Waals surface area (Å²) >= 11 is 1.75. The fourth-order valence-corrected chi connectivity index (χ4v) is 4.95. The first-order valence-corrected chi connectivity index (χ1v) is 12.4. The van der Waals surface area contributed by atoms with Crippen molar-refractivity contribution in [1.82, 2.24) is 40.0 Å². The van der Waals surface area contributed by atoms with Gasteiger partial charge in [-0.1, -0.05) is 0 Å². The van der Waals surface area contributed by atoms with E-state index in [1.54, 1.807) is 29.9 Å². The summed E-state index contributed by atoms with van der Waals surface area (Å²) in [6.45, 7) is 3.53. The number of thiophene rings is 1. The molecule has 6 rings (SSSR count). The highest BCUT2D eigenvalue weighted by Gasteiger charge is 2.17. The molecule has 0 amide bonds. The fraction of sp³-hybridized carbons (Fsp3) is 0.192. The summed E-state index contributed by atoms with van der Waals surface area (Å²) in [7, 11) is 4.03. The zero-order valence-electron chi connectivity index (χ0n) is 20.1. The molecule has 0 atom stereocenters. The van der Waals surface area contributed by atoms with Gasteiger partial charge in [0.15, 0.2) is 17.1 Å². The third kappa shape index (κ3) is 4.21. The summed E-state index contributed by atoms with van der Waals surface area (Å²) in [6.07, 6.45) is 7.12. The molecule has 0 saturated carbocycles. The number of aromatic amines is 2. The standard InChI is InChI=1S/C26H24N8OS/c1-15-4-5-21(36-15)19-6-7-28-25-22(19)30-26(31-25)23-20-11-17(13-29-24(20)33-32-23)16-10-18(14-27-12-16)35-9-8-34(2)3/h4-7,10-14H,8-9H2,1-3H3,(H,28,30,31)(H,29,32,33). The second kappa shape index (κ2) is 9.14. The number of imidazole rings is 1. The van der Waals surface area contributed by atoms with E-state index in [0.717, 1.165) is 45.6 Å². The van der Waals surface area contributed by atoms with Crippen molar-refractivity contribution in [3.8, 4) is 38.8 Å². The van der Waals surface area contributed by atoms with Crippen LogP contribution in [-0.4, -0.2) is 67.3 Å². The van der Waals surface area contributed by atoms with E-state index in [4.69, 9.17) is 9.72 Å². The minimum Gasteiger partial charge on any atom is -0.491 e. The average molecular weight is 497 g/mol. The quantitative estimate of drug-likeness (QED) is 0.322. The van der Waals surface area contributed by atoms with E-state index in [0.29, 0.717) is 23.7 Å². The van der Waals surface area contributed by atoms with Crippen LogP contribution in [0.25, 0.3) is 55.3 Å². The molecule has 10 heteroatoms. The summed E-state index contributed by atoms with van der Waals surface area (Å²) in [5.41, 5.74) is 5.84. The predicted octanol–water partition coefficient (Wildman–Crippen LogP) is 4.94. The van der Waals surface area contributed by atoms with E-state index >= 15 is 0 Å². The number of hydrogen-bond acceptors (Lipinski definition) is 8. The number of aromatic nitrogens is 7. The summed E-state index contributed by atoms with van der Waals surface area (Å²) < 4.78 is 5.86. The molecule has 0 spiro atoms. The summed E-state index contributed by atoms with van der Waals surface area (Å²) in [5.74, 6) is 1.39. The molecular formula is C26H24N8OS. The van der Waals surface area contributed by atoms with Crippen LogP contribution in [0, 0.1) is 6.92 Å². The van der Waals surface area contributed by atoms with E-state index in [9.17, 15) is 0 Å². The van der Waals surface area contributed by atoms with Crippen molar-refractivity contribution >= 4 is 33.5 Å². The third-order valence-corrected chi connectivity index (χ3v) is 6.93. The van der Waals surface area contributed by atoms with E-state index in [1.165, 1.54) is 9.75 Å². The normalized spacial score (nSPS) is 11.7. The molecule has 0 aliphatic carbocycles. The Morgan fingerprint density at radius 1 is 1.00 bits per heavy atom. The molecule has 36 heavy (non-hydrogen) atoms. The molecule has 6 heterocycles. The molecule has 6 aromatic rings. The van der Waals surface area contributed by atoms with Crippen LogP contribution in [0.4, 0.5) is 0 Å². The maximum atomic E-state index is 5.86. The molecule has 0 aliphatic rings. The van der Waals surface area contributed by atoms with Crippen LogP contribution in [-0.2, 0) is 0 Å². The lowest BCUT2D eigenvalue weighted by molar-refractivity contribution is 0.261. The highest BCUT2D eigenvalue weighted by Crippen LogP contribution is 2.34. The van der Waals surface area contributed by atoms with E-state index in [-0.39, 0.29) is 0 Å².